The highest BCUT2D eigenvalue weighted by Crippen LogP contribution is 2.42. The number of aromatic nitrogens is 1. The second-order valence-corrected chi connectivity index (χ2v) is 10.4. The third-order valence-electron chi connectivity index (χ3n) is 7.24. The number of carbonyl (C=O) groups excluding carboxylic acids is 1. The van der Waals surface area contributed by atoms with Gasteiger partial charge in [0.2, 0.25) is 0 Å². The molecule has 0 saturated carbocycles. The van der Waals surface area contributed by atoms with Crippen LogP contribution in [0.5, 0.6) is 5.75 Å². The first kappa shape index (κ1) is 23.8. The van der Waals surface area contributed by atoms with E-state index in [1.165, 1.54) is 19.4 Å². The molecule has 1 N–H and O–H groups in total. The van der Waals surface area contributed by atoms with Gasteiger partial charge in [-0.15, -0.1) is 0 Å². The summed E-state index contributed by atoms with van der Waals surface area (Å²) in [5.74, 6) is 0.392. The third kappa shape index (κ3) is 4.54. The molecule has 7 heteroatoms. The molecule has 0 radical (unpaired) electrons. The van der Waals surface area contributed by atoms with Crippen LogP contribution in [-0.2, 0) is 11.2 Å². The van der Waals surface area contributed by atoms with Crippen LogP contribution in [0.3, 0.4) is 0 Å². The molecule has 1 saturated heterocycles. The van der Waals surface area contributed by atoms with E-state index in [4.69, 9.17) is 4.74 Å². The second-order valence-electron chi connectivity index (χ2n) is 10.4. The number of alkyl halides is 2. The van der Waals surface area contributed by atoms with Gasteiger partial charge in [0.25, 0.3) is 5.91 Å². The minimum atomic E-state index is -1.98. The zero-order valence-corrected chi connectivity index (χ0v) is 20.6. The summed E-state index contributed by atoms with van der Waals surface area (Å²) in [6, 6.07) is 15.3. The lowest BCUT2D eigenvalue weighted by Gasteiger charge is -2.42. The molecule has 1 aromatic heterocycles. The lowest BCUT2D eigenvalue weighted by atomic mass is 9.87. The highest BCUT2D eigenvalue weighted by molar-refractivity contribution is 5.89. The molecule has 186 valence electrons. The van der Waals surface area contributed by atoms with Crippen LogP contribution < -0.4 is 4.74 Å². The Morgan fingerprint density at radius 3 is 2.54 bits per heavy atom. The predicted molar refractivity (Wildman–Crippen MR) is 133 cm³/mol. The molecule has 3 aromatic rings. The lowest BCUT2D eigenvalue weighted by molar-refractivity contribution is -0.146. The Morgan fingerprint density at radius 1 is 1.14 bits per heavy atom. The van der Waals surface area contributed by atoms with Crippen molar-refractivity contribution in [3.05, 3.63) is 65.4 Å². The first-order valence-corrected chi connectivity index (χ1v) is 12.4. The topological polar surface area (TPSA) is 48.6 Å². The molecule has 2 aliphatic heterocycles. The van der Waals surface area contributed by atoms with E-state index in [2.05, 4.69) is 16.0 Å². The molecular weight excluding hydrogens is 448 g/mol. The van der Waals surface area contributed by atoms with Crippen LogP contribution in [0.4, 0.5) is 8.78 Å². The fourth-order valence-corrected chi connectivity index (χ4v) is 5.41. The number of hydrogen-bond acceptors (Lipinski definition) is 3. The Bertz CT molecular complexity index is 1200. The molecule has 0 spiro atoms. The van der Waals surface area contributed by atoms with Crippen LogP contribution in [0.25, 0.3) is 10.9 Å². The molecule has 1 amide bonds. The fraction of sp³-hybridized carbons (Fsp3) is 0.464. The molecule has 0 unspecified atom stereocenters. The van der Waals surface area contributed by atoms with Crippen molar-refractivity contribution in [3.8, 4) is 5.75 Å². The number of ether oxygens (including phenoxy) is 1. The number of nitrogens with one attached hydrogen (secondary N) is 1. The maximum atomic E-state index is 14.9. The van der Waals surface area contributed by atoms with Crippen molar-refractivity contribution >= 4 is 16.8 Å². The summed E-state index contributed by atoms with van der Waals surface area (Å²) in [5.41, 5.74) is 2.07. The van der Waals surface area contributed by atoms with E-state index < -0.39 is 17.6 Å². The van der Waals surface area contributed by atoms with Crippen LogP contribution in [0.2, 0.25) is 0 Å². The number of fused-ring (bicyclic) bond motifs is 3. The van der Waals surface area contributed by atoms with E-state index in [1.54, 1.807) is 4.90 Å². The lowest BCUT2D eigenvalue weighted by Crippen LogP contribution is -2.52. The van der Waals surface area contributed by atoms with E-state index >= 15 is 0 Å². The summed E-state index contributed by atoms with van der Waals surface area (Å²) in [4.78, 5) is 20.7. The van der Waals surface area contributed by atoms with Gasteiger partial charge in [0.15, 0.2) is 5.67 Å². The monoisotopic (exact) mass is 481 g/mol. The van der Waals surface area contributed by atoms with E-state index in [0.717, 1.165) is 47.5 Å². The average molecular weight is 482 g/mol. The van der Waals surface area contributed by atoms with E-state index in [-0.39, 0.29) is 18.6 Å². The number of para-hydroxylation sites is 1. The Morgan fingerprint density at radius 2 is 1.86 bits per heavy atom. The van der Waals surface area contributed by atoms with Crippen LogP contribution in [0.1, 0.15) is 43.6 Å². The van der Waals surface area contributed by atoms with E-state index in [0.29, 0.717) is 13.0 Å². The first-order valence-electron chi connectivity index (χ1n) is 12.4. The number of benzene rings is 2. The summed E-state index contributed by atoms with van der Waals surface area (Å²) < 4.78 is 33.4. The van der Waals surface area contributed by atoms with Crippen molar-refractivity contribution in [1.29, 1.82) is 0 Å². The van der Waals surface area contributed by atoms with Gasteiger partial charge in [-0.25, -0.2) is 4.39 Å². The number of nitrogens with zero attached hydrogens (tertiary/aromatic N) is 2. The quantitative estimate of drug-likeness (QED) is 0.513. The summed E-state index contributed by atoms with van der Waals surface area (Å²) in [7, 11) is 0. The van der Waals surface area contributed by atoms with Gasteiger partial charge < -0.3 is 14.6 Å². The summed E-state index contributed by atoms with van der Waals surface area (Å²) in [6.07, 6.45) is 0.665. The van der Waals surface area contributed by atoms with Crippen LogP contribution in [0.15, 0.2) is 48.5 Å². The highest BCUT2D eigenvalue weighted by Gasteiger charge is 2.43. The Hall–Kier alpha value is -2.93. The van der Waals surface area contributed by atoms with Crippen LogP contribution in [-0.4, -0.2) is 65.3 Å². The molecule has 0 aliphatic carbocycles. The molecule has 0 bridgehead atoms. The number of rotatable bonds is 7. The van der Waals surface area contributed by atoms with Gasteiger partial charge in [-0.2, -0.15) is 0 Å². The van der Waals surface area contributed by atoms with Gasteiger partial charge in [0.05, 0.1) is 12.7 Å². The van der Waals surface area contributed by atoms with Gasteiger partial charge in [-0.1, -0.05) is 30.3 Å². The van der Waals surface area contributed by atoms with Gasteiger partial charge in [-0.3, -0.25) is 14.1 Å². The third-order valence-corrected chi connectivity index (χ3v) is 7.24. The fourth-order valence-electron chi connectivity index (χ4n) is 5.41. The molecule has 2 atom stereocenters. The maximum Gasteiger partial charge on any atom is 0.260 e. The van der Waals surface area contributed by atoms with Gasteiger partial charge in [-0.05, 0) is 56.5 Å². The van der Waals surface area contributed by atoms with Crippen LogP contribution in [0, 0.1) is 5.92 Å². The molecule has 2 aliphatic rings. The minimum Gasteiger partial charge on any atom is -0.492 e. The molecular formula is C28H33F2N3O2. The van der Waals surface area contributed by atoms with Crippen molar-refractivity contribution in [2.24, 2.45) is 5.92 Å². The Labute approximate surface area is 205 Å². The summed E-state index contributed by atoms with van der Waals surface area (Å²) in [5, 5.41) is 1.15. The Balaban J connectivity index is 1.41. The molecule has 35 heavy (non-hydrogen) atoms. The zero-order chi connectivity index (χ0) is 24.7. The van der Waals surface area contributed by atoms with E-state index in [1.807, 2.05) is 49.4 Å². The number of hydrogen-bond donors (Lipinski definition) is 1. The molecule has 5 rings (SSSR count). The Kier molecular flexibility index (Phi) is 6.30. The van der Waals surface area contributed by atoms with E-state index in [9.17, 15) is 13.6 Å². The number of likely N-dealkylation sites (tertiary alicyclic amines) is 1. The predicted octanol–water partition coefficient (Wildman–Crippen LogP) is 5.06. The normalized spacial score (nSPS) is 21.1. The van der Waals surface area contributed by atoms with Gasteiger partial charge in [0, 0.05) is 48.2 Å². The average Bonchev–Trinajstić information content (AvgIpc) is 3.17. The SMILES string of the molecule is C[C@@H]1Cc2c([nH]c3ccccc23)[C@H](c2ccc(OCCN3CC(CF)C3)cc2)N1C(=O)C(C)(C)F. The van der Waals surface area contributed by atoms with Crippen LogP contribution >= 0.6 is 0 Å². The van der Waals surface area contributed by atoms with Crippen molar-refractivity contribution in [2.45, 2.75) is 44.9 Å². The minimum absolute atomic E-state index is 0.158. The van der Waals surface area contributed by atoms with Crippen molar-refractivity contribution in [2.75, 3.05) is 32.9 Å². The number of H-pyrrole nitrogens is 1. The smallest absolute Gasteiger partial charge is 0.260 e. The number of amides is 1. The molecule has 1 fully saturated rings. The second kappa shape index (κ2) is 9.26. The van der Waals surface area contributed by atoms with Crippen molar-refractivity contribution < 1.29 is 18.3 Å². The molecule has 5 nitrogen and oxygen atoms in total. The van der Waals surface area contributed by atoms with Crippen molar-refractivity contribution in [1.82, 2.24) is 14.8 Å². The molecule has 2 aromatic carbocycles. The molecule has 3 heterocycles. The standard InChI is InChI=1S/C28H33F2N3O2/c1-18-14-23-22-6-4-5-7-24(22)31-25(23)26(33(18)27(34)28(2,3)30)20-8-10-21(11-9-20)35-13-12-32-16-19(15-29)17-32/h4-11,18-19,26,31H,12-17H2,1-3H3/t18-,26+/m1/s1. The van der Waals surface area contributed by atoms with Gasteiger partial charge >= 0.3 is 0 Å². The highest BCUT2D eigenvalue weighted by atomic mass is 19.1. The largest absolute Gasteiger partial charge is 0.492 e. The number of aromatic amines is 1. The van der Waals surface area contributed by atoms with Gasteiger partial charge in [0.1, 0.15) is 12.4 Å². The number of carbonyl (C=O) groups is 1. The summed E-state index contributed by atoms with van der Waals surface area (Å²) in [6.45, 7) is 7.27. The summed E-state index contributed by atoms with van der Waals surface area (Å²) >= 11 is 0. The zero-order valence-electron chi connectivity index (χ0n) is 20.6. The first-order chi connectivity index (χ1) is 16.8. The number of halogens is 2. The van der Waals surface area contributed by atoms with Crippen molar-refractivity contribution in [3.63, 3.8) is 0 Å². The maximum absolute atomic E-state index is 14.9.